The molecule has 138 valence electrons. The molecule has 3 atom stereocenters. The summed E-state index contributed by atoms with van der Waals surface area (Å²) in [6.07, 6.45) is 4.20. The molecule has 0 bridgehead atoms. The maximum atomic E-state index is 12.5. The average molecular weight is 346 g/mol. The lowest BCUT2D eigenvalue weighted by molar-refractivity contribution is -0.127. The van der Waals surface area contributed by atoms with Crippen molar-refractivity contribution in [3.8, 4) is 0 Å². The smallest absolute Gasteiger partial charge is 0.237 e. The molecule has 6 heteroatoms. The Balaban J connectivity index is 1.51. The molecule has 6 nitrogen and oxygen atoms in total. The normalized spacial score (nSPS) is 25.8. The quantitative estimate of drug-likeness (QED) is 0.881. The summed E-state index contributed by atoms with van der Waals surface area (Å²) in [5, 5.41) is 3.06. The number of pyridine rings is 1. The maximum absolute atomic E-state index is 12.5. The number of anilines is 1. The van der Waals surface area contributed by atoms with E-state index in [1.807, 2.05) is 25.3 Å². The number of nitrogens with zero attached hydrogens (tertiary/aromatic N) is 3. The van der Waals surface area contributed by atoms with Gasteiger partial charge in [-0.3, -0.25) is 9.69 Å². The molecule has 3 heterocycles. The molecule has 1 aromatic heterocycles. The number of rotatable bonds is 5. The second kappa shape index (κ2) is 8.15. The third-order valence-electron chi connectivity index (χ3n) is 5.46. The predicted octanol–water partition coefficient (Wildman–Crippen LogP) is 1.80. The van der Waals surface area contributed by atoms with Gasteiger partial charge in [-0.1, -0.05) is 6.07 Å². The number of ether oxygens (including phenoxy) is 1. The Bertz CT molecular complexity index is 561. The van der Waals surface area contributed by atoms with Crippen molar-refractivity contribution in [1.29, 1.82) is 0 Å². The Morgan fingerprint density at radius 2 is 1.96 bits per heavy atom. The maximum Gasteiger partial charge on any atom is 0.237 e. The Kier molecular flexibility index (Phi) is 5.91. The van der Waals surface area contributed by atoms with Gasteiger partial charge in [0.05, 0.1) is 19.3 Å². The van der Waals surface area contributed by atoms with Crippen LogP contribution in [-0.4, -0.2) is 60.2 Å². The summed E-state index contributed by atoms with van der Waals surface area (Å²) < 4.78 is 5.37. The zero-order valence-corrected chi connectivity index (χ0v) is 15.6. The first-order valence-corrected chi connectivity index (χ1v) is 9.39. The molecule has 0 aliphatic carbocycles. The number of amides is 1. The molecule has 0 aromatic carbocycles. The first kappa shape index (κ1) is 18.1. The lowest BCUT2D eigenvalue weighted by Crippen LogP contribution is -2.48. The Labute approximate surface area is 150 Å². The lowest BCUT2D eigenvalue weighted by atomic mass is 10.2. The highest BCUT2D eigenvalue weighted by Crippen LogP contribution is 2.25. The summed E-state index contributed by atoms with van der Waals surface area (Å²) in [5.74, 6) is 1.07. The van der Waals surface area contributed by atoms with Gasteiger partial charge in [0.25, 0.3) is 0 Å². The predicted molar refractivity (Wildman–Crippen MR) is 98.6 cm³/mol. The van der Waals surface area contributed by atoms with Gasteiger partial charge in [-0.25, -0.2) is 4.98 Å². The standard InChI is InChI=1S/C19H30N4O2/c1-14-4-5-15(2)23(14)16(3)19(24)21-13-17-6-7-18(20-12-17)22-8-10-25-11-9-22/h6-7,12,14-16H,4-5,8-11,13H2,1-3H3,(H,21,24)/t14-,15-,16-/m1/s1. The van der Waals surface area contributed by atoms with Gasteiger partial charge >= 0.3 is 0 Å². The topological polar surface area (TPSA) is 57.7 Å². The fourth-order valence-corrected chi connectivity index (χ4v) is 3.95. The van der Waals surface area contributed by atoms with Gasteiger partial charge in [0, 0.05) is 37.9 Å². The third kappa shape index (κ3) is 4.30. The molecular formula is C19H30N4O2. The van der Waals surface area contributed by atoms with E-state index in [9.17, 15) is 4.79 Å². The number of carbonyl (C=O) groups is 1. The van der Waals surface area contributed by atoms with E-state index in [1.54, 1.807) is 0 Å². The monoisotopic (exact) mass is 346 g/mol. The van der Waals surface area contributed by atoms with Crippen LogP contribution in [0.15, 0.2) is 18.3 Å². The minimum Gasteiger partial charge on any atom is -0.378 e. The lowest BCUT2D eigenvalue weighted by Gasteiger charge is -2.31. The summed E-state index contributed by atoms with van der Waals surface area (Å²) in [6.45, 7) is 10.2. The molecule has 1 amide bonds. The number of hydrogen-bond donors (Lipinski definition) is 1. The van der Waals surface area contributed by atoms with Crippen LogP contribution in [0.25, 0.3) is 0 Å². The van der Waals surface area contributed by atoms with Gasteiger partial charge < -0.3 is 15.0 Å². The fourth-order valence-electron chi connectivity index (χ4n) is 3.95. The van der Waals surface area contributed by atoms with Gasteiger partial charge in [-0.05, 0) is 45.2 Å². The summed E-state index contributed by atoms with van der Waals surface area (Å²) >= 11 is 0. The number of carbonyl (C=O) groups excluding carboxylic acids is 1. The second-order valence-electron chi connectivity index (χ2n) is 7.24. The van der Waals surface area contributed by atoms with Crippen LogP contribution < -0.4 is 10.2 Å². The molecule has 0 unspecified atom stereocenters. The minimum atomic E-state index is -0.0897. The van der Waals surface area contributed by atoms with E-state index in [1.165, 1.54) is 12.8 Å². The van der Waals surface area contributed by atoms with Crippen LogP contribution in [0.1, 0.15) is 39.2 Å². The van der Waals surface area contributed by atoms with Crippen molar-refractivity contribution < 1.29 is 9.53 Å². The van der Waals surface area contributed by atoms with Crippen LogP contribution in [-0.2, 0) is 16.1 Å². The van der Waals surface area contributed by atoms with Gasteiger partial charge in [0.15, 0.2) is 0 Å². The van der Waals surface area contributed by atoms with Gasteiger partial charge in [-0.2, -0.15) is 0 Å². The summed E-state index contributed by atoms with van der Waals surface area (Å²) in [7, 11) is 0. The van der Waals surface area contributed by atoms with Crippen molar-refractivity contribution in [2.75, 3.05) is 31.2 Å². The number of likely N-dealkylation sites (tertiary alicyclic amines) is 1. The van der Waals surface area contributed by atoms with Gasteiger partial charge in [-0.15, -0.1) is 0 Å². The number of nitrogens with one attached hydrogen (secondary N) is 1. The average Bonchev–Trinajstić information content (AvgIpc) is 2.98. The third-order valence-corrected chi connectivity index (χ3v) is 5.46. The Morgan fingerprint density at radius 3 is 2.56 bits per heavy atom. The van der Waals surface area contributed by atoms with Crippen molar-refractivity contribution in [1.82, 2.24) is 15.2 Å². The molecule has 0 spiro atoms. The van der Waals surface area contributed by atoms with Gasteiger partial charge in [0.1, 0.15) is 5.82 Å². The first-order chi connectivity index (χ1) is 12.1. The van der Waals surface area contributed by atoms with E-state index in [0.29, 0.717) is 18.6 Å². The largest absolute Gasteiger partial charge is 0.378 e. The number of aromatic nitrogens is 1. The zero-order chi connectivity index (χ0) is 17.8. The van der Waals surface area contributed by atoms with Crippen LogP contribution >= 0.6 is 0 Å². The van der Waals surface area contributed by atoms with E-state index in [2.05, 4.69) is 33.9 Å². The second-order valence-corrected chi connectivity index (χ2v) is 7.24. The highest BCUT2D eigenvalue weighted by Gasteiger charge is 2.34. The van der Waals surface area contributed by atoms with Crippen molar-refractivity contribution in [2.24, 2.45) is 0 Å². The first-order valence-electron chi connectivity index (χ1n) is 9.39. The van der Waals surface area contributed by atoms with E-state index in [4.69, 9.17) is 4.74 Å². The van der Waals surface area contributed by atoms with Crippen molar-refractivity contribution in [3.63, 3.8) is 0 Å². The van der Waals surface area contributed by atoms with E-state index >= 15 is 0 Å². The van der Waals surface area contributed by atoms with Crippen molar-refractivity contribution in [2.45, 2.75) is 58.3 Å². The molecular weight excluding hydrogens is 316 g/mol. The molecule has 2 fully saturated rings. The van der Waals surface area contributed by atoms with E-state index < -0.39 is 0 Å². The highest BCUT2D eigenvalue weighted by molar-refractivity contribution is 5.81. The Morgan fingerprint density at radius 1 is 1.28 bits per heavy atom. The zero-order valence-electron chi connectivity index (χ0n) is 15.6. The van der Waals surface area contributed by atoms with Crippen LogP contribution in [0.3, 0.4) is 0 Å². The van der Waals surface area contributed by atoms with Crippen LogP contribution in [0.5, 0.6) is 0 Å². The van der Waals surface area contributed by atoms with Crippen LogP contribution in [0.4, 0.5) is 5.82 Å². The fraction of sp³-hybridized carbons (Fsp3) is 0.684. The highest BCUT2D eigenvalue weighted by atomic mass is 16.5. The SMILES string of the molecule is C[C@@H]1CC[C@@H](C)N1[C@H](C)C(=O)NCc1ccc(N2CCOCC2)nc1. The molecule has 1 aromatic rings. The molecule has 1 N–H and O–H groups in total. The molecule has 2 aliphatic rings. The minimum absolute atomic E-state index is 0.0897. The molecule has 3 rings (SSSR count). The van der Waals surface area contributed by atoms with Crippen LogP contribution in [0.2, 0.25) is 0 Å². The number of morpholine rings is 1. The summed E-state index contributed by atoms with van der Waals surface area (Å²) in [6, 6.07) is 4.94. The Hall–Kier alpha value is -1.66. The summed E-state index contributed by atoms with van der Waals surface area (Å²) in [5.41, 5.74) is 1.03. The summed E-state index contributed by atoms with van der Waals surface area (Å²) in [4.78, 5) is 21.6. The molecule has 25 heavy (non-hydrogen) atoms. The van der Waals surface area contributed by atoms with E-state index in [-0.39, 0.29) is 11.9 Å². The molecule has 2 saturated heterocycles. The molecule has 0 saturated carbocycles. The van der Waals surface area contributed by atoms with E-state index in [0.717, 1.165) is 37.7 Å². The van der Waals surface area contributed by atoms with Crippen LogP contribution in [0, 0.1) is 0 Å². The van der Waals surface area contributed by atoms with Crippen molar-refractivity contribution in [3.05, 3.63) is 23.9 Å². The van der Waals surface area contributed by atoms with Crippen molar-refractivity contribution >= 4 is 11.7 Å². The number of hydrogen-bond acceptors (Lipinski definition) is 5. The molecule has 2 aliphatic heterocycles. The molecule has 0 radical (unpaired) electrons. The van der Waals surface area contributed by atoms with Gasteiger partial charge in [0.2, 0.25) is 5.91 Å².